The molecular weight excluding hydrogens is 414 g/mol. The zero-order valence-electron chi connectivity index (χ0n) is 19.1. The molecule has 1 aliphatic carbocycles. The minimum absolute atomic E-state index is 0.0551. The number of anilines is 1. The van der Waals surface area contributed by atoms with Crippen molar-refractivity contribution in [2.75, 3.05) is 23.7 Å². The lowest BCUT2D eigenvalue weighted by molar-refractivity contribution is -0.133. The second-order valence-electron chi connectivity index (χ2n) is 9.18. The van der Waals surface area contributed by atoms with Crippen LogP contribution in [0.2, 0.25) is 0 Å². The van der Waals surface area contributed by atoms with Gasteiger partial charge in [0.25, 0.3) is 0 Å². The van der Waals surface area contributed by atoms with E-state index in [2.05, 4.69) is 5.32 Å². The van der Waals surface area contributed by atoms with Crippen LogP contribution in [-0.2, 0) is 19.6 Å². The number of amides is 2. The number of carbonyl (C=O) groups excluding carboxylic acids is 2. The van der Waals surface area contributed by atoms with Crippen LogP contribution in [0.3, 0.4) is 0 Å². The van der Waals surface area contributed by atoms with Gasteiger partial charge >= 0.3 is 0 Å². The number of hydrogen-bond acceptors (Lipinski definition) is 4. The van der Waals surface area contributed by atoms with Crippen molar-refractivity contribution in [3.63, 3.8) is 0 Å². The molecule has 0 spiro atoms. The number of nitrogens with zero attached hydrogens (tertiary/aromatic N) is 2. The molecule has 1 saturated carbocycles. The maximum absolute atomic E-state index is 13.6. The lowest BCUT2D eigenvalue weighted by Gasteiger charge is -2.47. The molecule has 7 nitrogen and oxygen atoms in total. The minimum atomic E-state index is -3.61. The summed E-state index contributed by atoms with van der Waals surface area (Å²) in [5.41, 5.74) is 1.27. The normalized spacial score (nSPS) is 24.1. The number of benzene rings is 1. The molecule has 0 aromatic heterocycles. The largest absolute Gasteiger partial charge is 0.351 e. The van der Waals surface area contributed by atoms with Crippen LogP contribution < -0.4 is 10.2 Å². The summed E-state index contributed by atoms with van der Waals surface area (Å²) in [6.07, 6.45) is 6.29. The van der Waals surface area contributed by atoms with Crippen LogP contribution in [0, 0.1) is 13.8 Å². The van der Waals surface area contributed by atoms with Crippen LogP contribution in [0.1, 0.15) is 63.5 Å². The maximum Gasteiger partial charge on any atom is 0.247 e. The number of nitrogens with one attached hydrogen (secondary N) is 1. The molecule has 1 saturated heterocycles. The van der Waals surface area contributed by atoms with E-state index in [1.54, 1.807) is 13.8 Å². The quantitative estimate of drug-likeness (QED) is 0.701. The van der Waals surface area contributed by atoms with Crippen molar-refractivity contribution in [2.24, 2.45) is 0 Å². The number of sulfonamides is 1. The van der Waals surface area contributed by atoms with E-state index >= 15 is 0 Å². The smallest absolute Gasteiger partial charge is 0.247 e. The van der Waals surface area contributed by atoms with Gasteiger partial charge in [0.1, 0.15) is 5.54 Å². The van der Waals surface area contributed by atoms with Crippen LogP contribution in [0.25, 0.3) is 0 Å². The van der Waals surface area contributed by atoms with Crippen molar-refractivity contribution in [1.29, 1.82) is 0 Å². The molecule has 1 aromatic rings. The highest BCUT2D eigenvalue weighted by molar-refractivity contribution is 7.89. The molecule has 172 valence electrons. The number of hydrogen-bond donors (Lipinski definition) is 1. The van der Waals surface area contributed by atoms with Gasteiger partial charge in [-0.15, -0.1) is 0 Å². The van der Waals surface area contributed by atoms with E-state index in [-0.39, 0.29) is 36.7 Å². The maximum atomic E-state index is 13.6. The first-order valence-corrected chi connectivity index (χ1v) is 12.9. The topological polar surface area (TPSA) is 86.8 Å². The molecule has 0 unspecified atom stereocenters. The SMILES string of the molecule is CCS(=O)(=O)N1CC(=O)N(c2cc(C)cc(C)c2)[C@@](C)(C(=O)NC2CCCCCC2)C1. The standard InChI is InChI=1S/C23H35N3O4S/c1-5-31(29,30)25-15-21(27)26(20-13-17(2)12-18(3)14-20)23(4,16-25)22(28)24-19-10-8-6-7-9-11-19/h12-14,19H,5-11,15-16H2,1-4H3,(H,24,28)/t23-/m1/s1. The van der Waals surface area contributed by atoms with Crippen LogP contribution in [-0.4, -0.2) is 55.0 Å². The predicted molar refractivity (Wildman–Crippen MR) is 122 cm³/mol. The zero-order chi connectivity index (χ0) is 22.8. The number of carbonyl (C=O) groups is 2. The molecule has 0 radical (unpaired) electrons. The lowest BCUT2D eigenvalue weighted by atomic mass is 9.93. The van der Waals surface area contributed by atoms with E-state index in [0.29, 0.717) is 5.69 Å². The van der Waals surface area contributed by atoms with Gasteiger partial charge < -0.3 is 5.32 Å². The molecule has 1 heterocycles. The molecule has 8 heteroatoms. The Morgan fingerprint density at radius 1 is 1.10 bits per heavy atom. The van der Waals surface area contributed by atoms with Crippen molar-refractivity contribution in [2.45, 2.75) is 77.8 Å². The van der Waals surface area contributed by atoms with Crippen molar-refractivity contribution in [1.82, 2.24) is 9.62 Å². The van der Waals surface area contributed by atoms with Gasteiger partial charge in [-0.25, -0.2) is 8.42 Å². The van der Waals surface area contributed by atoms with Crippen molar-refractivity contribution in [3.8, 4) is 0 Å². The van der Waals surface area contributed by atoms with Crippen LogP contribution >= 0.6 is 0 Å². The van der Waals surface area contributed by atoms with Gasteiger partial charge in [-0.05, 0) is 63.8 Å². The summed E-state index contributed by atoms with van der Waals surface area (Å²) >= 11 is 0. The minimum Gasteiger partial charge on any atom is -0.351 e. The van der Waals surface area contributed by atoms with Gasteiger partial charge in [0.15, 0.2) is 0 Å². The molecule has 2 aliphatic rings. The van der Waals surface area contributed by atoms with E-state index in [1.165, 1.54) is 22.0 Å². The van der Waals surface area contributed by atoms with Crippen molar-refractivity contribution >= 4 is 27.5 Å². The van der Waals surface area contributed by atoms with Gasteiger partial charge in [0.2, 0.25) is 21.8 Å². The fourth-order valence-electron chi connectivity index (χ4n) is 4.79. The summed E-state index contributed by atoms with van der Waals surface area (Å²) in [6, 6.07) is 5.83. The van der Waals surface area contributed by atoms with Gasteiger partial charge in [0.05, 0.1) is 12.3 Å². The molecule has 0 bridgehead atoms. The number of piperazine rings is 1. The van der Waals surface area contributed by atoms with E-state index in [4.69, 9.17) is 0 Å². The molecule has 2 amide bonds. The van der Waals surface area contributed by atoms with E-state index in [1.807, 2.05) is 32.0 Å². The highest BCUT2D eigenvalue weighted by atomic mass is 32.2. The van der Waals surface area contributed by atoms with E-state index in [0.717, 1.165) is 36.8 Å². The van der Waals surface area contributed by atoms with Crippen molar-refractivity contribution < 1.29 is 18.0 Å². The summed E-state index contributed by atoms with van der Waals surface area (Å²) < 4.78 is 26.4. The fraction of sp³-hybridized carbons (Fsp3) is 0.652. The third-order valence-electron chi connectivity index (χ3n) is 6.44. The Labute approximate surface area is 186 Å². The third kappa shape index (κ3) is 5.12. The Kier molecular flexibility index (Phi) is 7.11. The molecule has 31 heavy (non-hydrogen) atoms. The summed E-state index contributed by atoms with van der Waals surface area (Å²) in [5.74, 6) is -0.779. The third-order valence-corrected chi connectivity index (χ3v) is 8.22. The average molecular weight is 450 g/mol. The molecule has 1 atom stereocenters. The van der Waals surface area contributed by atoms with Crippen LogP contribution in [0.15, 0.2) is 18.2 Å². The Balaban J connectivity index is 2.00. The molecule has 1 aromatic carbocycles. The second-order valence-corrected chi connectivity index (χ2v) is 11.4. The summed E-state index contributed by atoms with van der Waals surface area (Å²) in [6.45, 7) is 6.82. The van der Waals surface area contributed by atoms with Crippen LogP contribution in [0.5, 0.6) is 0 Å². The zero-order valence-corrected chi connectivity index (χ0v) is 19.9. The van der Waals surface area contributed by atoms with E-state index < -0.39 is 15.6 Å². The lowest BCUT2D eigenvalue weighted by Crippen LogP contribution is -2.71. The highest BCUT2D eigenvalue weighted by Gasteiger charge is 2.51. The first-order valence-electron chi connectivity index (χ1n) is 11.3. The summed E-state index contributed by atoms with van der Waals surface area (Å²) in [5, 5.41) is 3.15. The highest BCUT2D eigenvalue weighted by Crippen LogP contribution is 2.32. The molecule has 1 N–H and O–H groups in total. The molecular formula is C23H35N3O4S. The Morgan fingerprint density at radius 2 is 1.68 bits per heavy atom. The van der Waals surface area contributed by atoms with Gasteiger partial charge in [-0.2, -0.15) is 4.31 Å². The monoisotopic (exact) mass is 449 g/mol. The molecule has 2 fully saturated rings. The molecule has 1 aliphatic heterocycles. The Morgan fingerprint density at radius 3 is 2.23 bits per heavy atom. The first-order chi connectivity index (χ1) is 14.6. The van der Waals surface area contributed by atoms with Gasteiger partial charge in [-0.1, -0.05) is 31.7 Å². The Hall–Kier alpha value is -1.93. The second kappa shape index (κ2) is 9.28. The van der Waals surface area contributed by atoms with Crippen molar-refractivity contribution in [3.05, 3.63) is 29.3 Å². The first kappa shape index (κ1) is 23.7. The van der Waals surface area contributed by atoms with Gasteiger partial charge in [0, 0.05) is 18.3 Å². The average Bonchev–Trinajstić information content (AvgIpc) is 2.95. The summed E-state index contributed by atoms with van der Waals surface area (Å²) in [7, 11) is -3.61. The molecule has 3 rings (SSSR count). The number of rotatable bonds is 5. The number of aryl methyl sites for hydroxylation is 2. The predicted octanol–water partition coefficient (Wildman–Crippen LogP) is 2.90. The fourth-order valence-corrected chi connectivity index (χ4v) is 5.91. The van der Waals surface area contributed by atoms with Gasteiger partial charge in [-0.3, -0.25) is 14.5 Å². The van der Waals surface area contributed by atoms with E-state index in [9.17, 15) is 18.0 Å². The Bertz CT molecular complexity index is 918. The summed E-state index contributed by atoms with van der Waals surface area (Å²) in [4.78, 5) is 28.4. The van der Waals surface area contributed by atoms with Crippen LogP contribution in [0.4, 0.5) is 5.69 Å².